The zero-order valence-corrected chi connectivity index (χ0v) is 9.08. The molecule has 2 bridgehead atoms. The van der Waals surface area contributed by atoms with Crippen molar-refractivity contribution in [3.05, 3.63) is 0 Å². The van der Waals surface area contributed by atoms with Crippen LogP contribution in [0.15, 0.2) is 0 Å². The molecule has 0 aliphatic carbocycles. The van der Waals surface area contributed by atoms with Gasteiger partial charge in [0, 0.05) is 5.92 Å². The first-order valence-corrected chi connectivity index (χ1v) is 6.49. The van der Waals surface area contributed by atoms with Crippen LogP contribution in [0.3, 0.4) is 0 Å². The van der Waals surface area contributed by atoms with Gasteiger partial charge >= 0.3 is 0 Å². The minimum atomic E-state index is -3.39. The summed E-state index contributed by atoms with van der Waals surface area (Å²) in [6.45, 7) is 3.69. The maximum atomic E-state index is 11.7. The van der Waals surface area contributed by atoms with Gasteiger partial charge in [0.05, 0.1) is 17.8 Å². The second-order valence-corrected chi connectivity index (χ2v) is 6.66. The van der Waals surface area contributed by atoms with Crippen LogP contribution in [0.1, 0.15) is 26.7 Å². The topological polar surface area (TPSA) is 52.6 Å². The Bertz CT molecular complexity index is 372. The Kier molecular flexibility index (Phi) is 1.52. The van der Waals surface area contributed by atoms with Crippen molar-refractivity contribution in [2.24, 2.45) is 5.92 Å². The molecule has 3 heterocycles. The highest BCUT2D eigenvalue weighted by molar-refractivity contribution is 7.87. The van der Waals surface area contributed by atoms with Crippen LogP contribution in [0.2, 0.25) is 0 Å². The second-order valence-electron chi connectivity index (χ2n) is 4.96. The fourth-order valence-electron chi connectivity index (χ4n) is 3.26. The minimum absolute atomic E-state index is 0.0336. The fourth-order valence-corrected chi connectivity index (χ4v) is 5.51. The van der Waals surface area contributed by atoms with E-state index in [0.29, 0.717) is 0 Å². The lowest BCUT2D eigenvalue weighted by atomic mass is 9.78. The SMILES string of the molecule is CC1(C)OS(=O)(=O)C2C3CCC(O3)C21. The highest BCUT2D eigenvalue weighted by atomic mass is 32.2. The molecule has 0 aromatic heterocycles. The molecule has 4 atom stereocenters. The molecule has 3 fully saturated rings. The monoisotopic (exact) mass is 218 g/mol. The lowest BCUT2D eigenvalue weighted by Crippen LogP contribution is -2.39. The first-order valence-electron chi connectivity index (χ1n) is 5.02. The molecule has 0 saturated carbocycles. The first kappa shape index (κ1) is 9.12. The van der Waals surface area contributed by atoms with Gasteiger partial charge in [0.15, 0.2) is 0 Å². The number of hydrogen-bond acceptors (Lipinski definition) is 4. The summed E-state index contributed by atoms with van der Waals surface area (Å²) in [4.78, 5) is 0. The lowest BCUT2D eigenvalue weighted by molar-refractivity contribution is 0.0199. The molecule has 0 amide bonds. The van der Waals surface area contributed by atoms with Crippen molar-refractivity contribution in [1.82, 2.24) is 0 Å². The van der Waals surface area contributed by atoms with Crippen LogP contribution in [0, 0.1) is 5.92 Å². The van der Waals surface area contributed by atoms with Crippen molar-refractivity contribution in [1.29, 1.82) is 0 Å². The second kappa shape index (κ2) is 2.33. The molecule has 0 spiro atoms. The summed E-state index contributed by atoms with van der Waals surface area (Å²) >= 11 is 0. The van der Waals surface area contributed by atoms with Crippen molar-refractivity contribution < 1.29 is 17.3 Å². The first-order chi connectivity index (χ1) is 6.42. The zero-order valence-electron chi connectivity index (χ0n) is 8.26. The predicted molar refractivity (Wildman–Crippen MR) is 49.3 cm³/mol. The third kappa shape index (κ3) is 0.928. The molecule has 0 radical (unpaired) electrons. The molecule has 3 aliphatic heterocycles. The average molecular weight is 218 g/mol. The van der Waals surface area contributed by atoms with E-state index in [1.807, 2.05) is 13.8 Å². The van der Waals surface area contributed by atoms with Crippen molar-refractivity contribution in [3.8, 4) is 0 Å². The molecular formula is C9H14O4S. The van der Waals surface area contributed by atoms with E-state index in [1.165, 1.54) is 0 Å². The summed E-state index contributed by atoms with van der Waals surface area (Å²) < 4.78 is 34.3. The van der Waals surface area contributed by atoms with Gasteiger partial charge in [-0.1, -0.05) is 0 Å². The predicted octanol–water partition coefficient (Wildman–Crippen LogP) is 0.671. The molecule has 3 rings (SSSR count). The van der Waals surface area contributed by atoms with Crippen LogP contribution >= 0.6 is 0 Å². The van der Waals surface area contributed by atoms with Crippen LogP contribution in [0.4, 0.5) is 0 Å². The van der Waals surface area contributed by atoms with E-state index < -0.39 is 21.0 Å². The quantitative estimate of drug-likeness (QED) is 0.561. The smallest absolute Gasteiger partial charge is 0.273 e. The van der Waals surface area contributed by atoms with Gasteiger partial charge in [-0.3, -0.25) is 4.18 Å². The van der Waals surface area contributed by atoms with Crippen LogP contribution in [-0.4, -0.2) is 31.5 Å². The normalized spacial score (nSPS) is 52.1. The summed E-state index contributed by atoms with van der Waals surface area (Å²) in [6.07, 6.45) is 1.83. The Morgan fingerprint density at radius 3 is 2.50 bits per heavy atom. The summed E-state index contributed by atoms with van der Waals surface area (Å²) in [5, 5.41) is -0.406. The molecule has 0 N–H and O–H groups in total. The van der Waals surface area contributed by atoms with Crippen molar-refractivity contribution in [2.45, 2.75) is 49.7 Å². The Morgan fingerprint density at radius 2 is 1.86 bits per heavy atom. The standard InChI is InChI=1S/C9H14O4S/c1-9(2)7-5-3-4-6(12-5)8(7)14(10,11)13-9/h5-8H,3-4H2,1-2H3. The lowest BCUT2D eigenvalue weighted by Gasteiger charge is -2.27. The molecule has 0 aromatic carbocycles. The Labute approximate surface area is 83.7 Å². The van der Waals surface area contributed by atoms with Gasteiger partial charge in [-0.2, -0.15) is 8.42 Å². The number of hydrogen-bond donors (Lipinski definition) is 0. The van der Waals surface area contributed by atoms with Crippen LogP contribution in [0.5, 0.6) is 0 Å². The molecule has 3 aliphatic rings. The minimum Gasteiger partial charge on any atom is -0.373 e. The van der Waals surface area contributed by atoms with E-state index >= 15 is 0 Å². The van der Waals surface area contributed by atoms with Gasteiger partial charge in [0.1, 0.15) is 5.25 Å². The van der Waals surface area contributed by atoms with Gasteiger partial charge in [-0.05, 0) is 26.7 Å². The molecule has 0 aromatic rings. The van der Waals surface area contributed by atoms with E-state index in [4.69, 9.17) is 8.92 Å². The maximum absolute atomic E-state index is 11.7. The Hall–Kier alpha value is -0.130. The van der Waals surface area contributed by atoms with E-state index in [9.17, 15) is 8.42 Å². The van der Waals surface area contributed by atoms with Crippen molar-refractivity contribution in [3.63, 3.8) is 0 Å². The van der Waals surface area contributed by atoms with E-state index in [1.54, 1.807) is 0 Å². The molecule has 14 heavy (non-hydrogen) atoms. The summed E-state index contributed by atoms with van der Waals surface area (Å²) in [5.74, 6) is 0.0336. The number of fused-ring (bicyclic) bond motifs is 5. The molecule has 80 valence electrons. The van der Waals surface area contributed by atoms with E-state index in [0.717, 1.165) is 12.8 Å². The third-order valence-electron chi connectivity index (χ3n) is 3.67. The highest BCUT2D eigenvalue weighted by Crippen LogP contribution is 2.53. The fraction of sp³-hybridized carbons (Fsp3) is 1.00. The van der Waals surface area contributed by atoms with Crippen molar-refractivity contribution >= 4 is 10.1 Å². The van der Waals surface area contributed by atoms with Gasteiger partial charge in [-0.25, -0.2) is 0 Å². The van der Waals surface area contributed by atoms with Gasteiger partial charge in [0.2, 0.25) is 0 Å². The van der Waals surface area contributed by atoms with Crippen LogP contribution < -0.4 is 0 Å². The summed E-state index contributed by atoms with van der Waals surface area (Å²) in [7, 11) is -3.39. The highest BCUT2D eigenvalue weighted by Gasteiger charge is 2.66. The van der Waals surface area contributed by atoms with E-state index in [2.05, 4.69) is 0 Å². The number of ether oxygens (including phenoxy) is 1. The van der Waals surface area contributed by atoms with Gasteiger partial charge in [0.25, 0.3) is 10.1 Å². The molecule has 4 unspecified atom stereocenters. The third-order valence-corrected chi connectivity index (χ3v) is 5.60. The van der Waals surface area contributed by atoms with Gasteiger partial charge < -0.3 is 4.74 Å². The zero-order chi connectivity index (χ0) is 10.1. The Morgan fingerprint density at radius 1 is 1.21 bits per heavy atom. The Balaban J connectivity index is 2.11. The largest absolute Gasteiger partial charge is 0.373 e. The van der Waals surface area contributed by atoms with Gasteiger partial charge in [-0.15, -0.1) is 0 Å². The summed E-state index contributed by atoms with van der Waals surface area (Å²) in [5.41, 5.74) is -0.580. The molecule has 5 heteroatoms. The van der Waals surface area contributed by atoms with Crippen molar-refractivity contribution in [2.75, 3.05) is 0 Å². The molecular weight excluding hydrogens is 204 g/mol. The number of rotatable bonds is 0. The summed E-state index contributed by atoms with van der Waals surface area (Å²) in [6, 6.07) is 0. The van der Waals surface area contributed by atoms with Crippen LogP contribution in [-0.2, 0) is 19.0 Å². The molecule has 3 saturated heterocycles. The average Bonchev–Trinajstić information content (AvgIpc) is 2.61. The van der Waals surface area contributed by atoms with Crippen LogP contribution in [0.25, 0.3) is 0 Å². The molecule has 4 nitrogen and oxygen atoms in total. The van der Waals surface area contributed by atoms with E-state index in [-0.39, 0.29) is 18.1 Å². The maximum Gasteiger partial charge on any atom is 0.273 e.